The smallest absolute Gasteiger partial charge is 0.119 e. The molecule has 0 aromatic heterocycles. The molecule has 0 amide bonds. The van der Waals surface area contributed by atoms with Crippen LogP contribution in [0.5, 0.6) is 11.5 Å². The number of methoxy groups -OCH3 is 2. The normalized spacial score (nSPS) is 20.3. The average molecular weight is 443 g/mol. The fraction of sp³-hybridized carbons (Fsp3) is 0.556. The fourth-order valence-corrected chi connectivity index (χ4v) is 6.20. The van der Waals surface area contributed by atoms with Crippen LogP contribution in [0.2, 0.25) is 0 Å². The monoisotopic (exact) mass is 442 g/mol. The Labute approximate surface area is 192 Å². The number of rotatable bonds is 12. The fourth-order valence-electron chi connectivity index (χ4n) is 4.80. The molecule has 2 aromatic carbocycles. The van der Waals surface area contributed by atoms with Crippen molar-refractivity contribution in [3.05, 3.63) is 53.6 Å². The Morgan fingerprint density at radius 2 is 1.48 bits per heavy atom. The highest BCUT2D eigenvalue weighted by molar-refractivity contribution is 7.99. The maximum atomic E-state index is 8.92. The summed E-state index contributed by atoms with van der Waals surface area (Å²) in [4.78, 5) is 1.37. The first-order valence-electron chi connectivity index (χ1n) is 11.7. The van der Waals surface area contributed by atoms with Gasteiger partial charge in [0, 0.05) is 22.7 Å². The Bertz CT molecular complexity index is 805. The predicted octanol–water partition coefficient (Wildman–Crippen LogP) is 6.96. The summed E-state index contributed by atoms with van der Waals surface area (Å²) in [6.45, 7) is 2.77. The second-order valence-corrected chi connectivity index (χ2v) is 9.90. The molecule has 170 valence electrons. The van der Waals surface area contributed by atoms with Gasteiger partial charge in [-0.2, -0.15) is 0 Å². The molecule has 1 N–H and O–H groups in total. The van der Waals surface area contributed by atoms with Crippen LogP contribution < -0.4 is 9.47 Å². The van der Waals surface area contributed by atoms with E-state index in [2.05, 4.69) is 49.4 Å². The van der Waals surface area contributed by atoms with Gasteiger partial charge in [0.1, 0.15) is 11.5 Å². The Balaban J connectivity index is 1.74. The van der Waals surface area contributed by atoms with E-state index in [0.29, 0.717) is 12.5 Å². The van der Waals surface area contributed by atoms with Crippen molar-refractivity contribution in [2.45, 2.75) is 74.5 Å². The number of hydrogen-bond donors (Lipinski definition) is 1. The summed E-state index contributed by atoms with van der Waals surface area (Å²) in [5.41, 5.74) is 2.97. The van der Waals surface area contributed by atoms with Crippen molar-refractivity contribution in [2.24, 2.45) is 0 Å². The van der Waals surface area contributed by atoms with Gasteiger partial charge in [0.05, 0.1) is 14.2 Å². The van der Waals surface area contributed by atoms with E-state index in [9.17, 15) is 0 Å². The number of thioether (sulfide) groups is 1. The summed E-state index contributed by atoms with van der Waals surface area (Å²) in [7, 11) is 3.47. The topological polar surface area (TPSA) is 38.7 Å². The molecule has 0 aliphatic carbocycles. The zero-order valence-electron chi connectivity index (χ0n) is 19.4. The molecule has 0 fully saturated rings. The minimum Gasteiger partial charge on any atom is -0.497 e. The number of hydrogen-bond acceptors (Lipinski definition) is 4. The molecule has 3 nitrogen and oxygen atoms in total. The van der Waals surface area contributed by atoms with Crippen molar-refractivity contribution in [1.29, 1.82) is 0 Å². The van der Waals surface area contributed by atoms with Crippen molar-refractivity contribution >= 4 is 11.8 Å². The summed E-state index contributed by atoms with van der Waals surface area (Å²) in [6.07, 6.45) is 9.67. The van der Waals surface area contributed by atoms with Crippen LogP contribution in [0.1, 0.15) is 75.3 Å². The Morgan fingerprint density at radius 3 is 2.13 bits per heavy atom. The first-order valence-corrected chi connectivity index (χ1v) is 12.7. The number of benzene rings is 2. The minimum atomic E-state index is 0.0969. The van der Waals surface area contributed by atoms with E-state index in [1.54, 1.807) is 14.2 Å². The van der Waals surface area contributed by atoms with Crippen LogP contribution in [0.4, 0.5) is 0 Å². The van der Waals surface area contributed by atoms with Crippen molar-refractivity contribution in [3.63, 3.8) is 0 Å². The standard InChI is InChI=1S/C27H38O3S/c1-27(21-12-14-22(29-2)15-13-21)20-31-26-19-23(30-3)16-17-24(26)25(27)11-9-7-5-4-6-8-10-18-28/h12-17,19,25,28H,4-11,18,20H2,1-3H3. The van der Waals surface area contributed by atoms with Crippen molar-refractivity contribution in [1.82, 2.24) is 0 Å². The van der Waals surface area contributed by atoms with Crippen molar-refractivity contribution < 1.29 is 14.6 Å². The van der Waals surface area contributed by atoms with Gasteiger partial charge in [-0.05, 0) is 54.2 Å². The van der Waals surface area contributed by atoms with E-state index in [1.807, 2.05) is 11.8 Å². The Morgan fingerprint density at radius 1 is 0.871 bits per heavy atom. The second kappa shape index (κ2) is 11.8. The lowest BCUT2D eigenvalue weighted by atomic mass is 9.68. The van der Waals surface area contributed by atoms with Crippen LogP contribution >= 0.6 is 11.8 Å². The van der Waals surface area contributed by atoms with Crippen LogP contribution in [0, 0.1) is 0 Å². The highest BCUT2D eigenvalue weighted by Crippen LogP contribution is 2.52. The molecule has 4 heteroatoms. The van der Waals surface area contributed by atoms with Gasteiger partial charge in [-0.3, -0.25) is 0 Å². The Kier molecular flexibility index (Phi) is 9.15. The van der Waals surface area contributed by atoms with Gasteiger partial charge in [-0.1, -0.05) is 63.6 Å². The SMILES string of the molecule is COc1ccc(C2(C)CSc3cc(OC)ccc3C2CCCCCCCCCO)cc1. The molecule has 1 aliphatic rings. The molecule has 2 atom stereocenters. The quantitative estimate of drug-likeness (QED) is 0.360. The zero-order valence-corrected chi connectivity index (χ0v) is 20.2. The number of unbranched alkanes of at least 4 members (excludes halogenated alkanes) is 6. The molecule has 2 unspecified atom stereocenters. The largest absolute Gasteiger partial charge is 0.497 e. The molecule has 1 aliphatic heterocycles. The molecule has 0 saturated carbocycles. The van der Waals surface area contributed by atoms with Crippen LogP contribution in [0.15, 0.2) is 47.4 Å². The summed E-state index contributed by atoms with van der Waals surface area (Å²) in [5.74, 6) is 3.43. The first-order chi connectivity index (χ1) is 15.1. The van der Waals surface area contributed by atoms with E-state index in [0.717, 1.165) is 30.1 Å². The van der Waals surface area contributed by atoms with Crippen LogP contribution in [-0.2, 0) is 5.41 Å². The number of aliphatic hydroxyl groups excluding tert-OH is 1. The van der Waals surface area contributed by atoms with Crippen LogP contribution in [0.3, 0.4) is 0 Å². The van der Waals surface area contributed by atoms with Gasteiger partial charge in [0.25, 0.3) is 0 Å². The van der Waals surface area contributed by atoms with Gasteiger partial charge in [0.15, 0.2) is 0 Å². The minimum absolute atomic E-state index is 0.0969. The lowest BCUT2D eigenvalue weighted by Crippen LogP contribution is -2.36. The zero-order chi connectivity index (χ0) is 22.1. The molecule has 1 heterocycles. The van der Waals surface area contributed by atoms with Crippen LogP contribution in [-0.4, -0.2) is 31.7 Å². The van der Waals surface area contributed by atoms with Gasteiger partial charge in [-0.15, -0.1) is 11.8 Å². The van der Waals surface area contributed by atoms with E-state index in [1.165, 1.54) is 54.5 Å². The van der Waals surface area contributed by atoms with Gasteiger partial charge in [0.2, 0.25) is 0 Å². The molecular weight excluding hydrogens is 404 g/mol. The lowest BCUT2D eigenvalue weighted by Gasteiger charge is -2.43. The third-order valence-electron chi connectivity index (χ3n) is 6.79. The molecular formula is C27H38O3S. The number of fused-ring (bicyclic) bond motifs is 1. The third-order valence-corrected chi connectivity index (χ3v) is 8.20. The maximum Gasteiger partial charge on any atom is 0.119 e. The molecule has 0 radical (unpaired) electrons. The van der Waals surface area contributed by atoms with Crippen molar-refractivity contribution in [3.8, 4) is 11.5 Å². The maximum absolute atomic E-state index is 8.92. The van der Waals surface area contributed by atoms with E-state index in [4.69, 9.17) is 14.6 Å². The highest BCUT2D eigenvalue weighted by atomic mass is 32.2. The number of aliphatic hydroxyl groups is 1. The van der Waals surface area contributed by atoms with Crippen molar-refractivity contribution in [2.75, 3.05) is 26.6 Å². The van der Waals surface area contributed by atoms with E-state index in [-0.39, 0.29) is 5.41 Å². The molecule has 0 bridgehead atoms. The van der Waals surface area contributed by atoms with Gasteiger partial charge < -0.3 is 14.6 Å². The molecule has 0 spiro atoms. The van der Waals surface area contributed by atoms with Crippen LogP contribution in [0.25, 0.3) is 0 Å². The van der Waals surface area contributed by atoms with Gasteiger partial charge in [-0.25, -0.2) is 0 Å². The summed E-state index contributed by atoms with van der Waals surface area (Å²) < 4.78 is 10.9. The average Bonchev–Trinajstić information content (AvgIpc) is 2.81. The van der Waals surface area contributed by atoms with E-state index < -0.39 is 0 Å². The Hall–Kier alpha value is -1.65. The second-order valence-electron chi connectivity index (χ2n) is 8.88. The summed E-state index contributed by atoms with van der Waals surface area (Å²) in [5, 5.41) is 8.92. The lowest BCUT2D eigenvalue weighted by molar-refractivity contribution is 0.282. The highest BCUT2D eigenvalue weighted by Gasteiger charge is 2.41. The number of ether oxygens (including phenoxy) is 2. The molecule has 0 saturated heterocycles. The van der Waals surface area contributed by atoms with E-state index >= 15 is 0 Å². The molecule has 3 rings (SSSR count). The summed E-state index contributed by atoms with van der Waals surface area (Å²) in [6, 6.07) is 15.3. The predicted molar refractivity (Wildman–Crippen MR) is 131 cm³/mol. The molecule has 31 heavy (non-hydrogen) atoms. The third kappa shape index (κ3) is 5.98. The summed E-state index contributed by atoms with van der Waals surface area (Å²) >= 11 is 1.96. The first kappa shape index (κ1) is 24.0. The van der Waals surface area contributed by atoms with Gasteiger partial charge >= 0.3 is 0 Å². The molecule has 2 aromatic rings.